The van der Waals surface area contributed by atoms with Crippen LogP contribution in [0.4, 0.5) is 5.69 Å². The van der Waals surface area contributed by atoms with Gasteiger partial charge in [-0.3, -0.25) is 14.5 Å². The summed E-state index contributed by atoms with van der Waals surface area (Å²) in [6.45, 7) is 4.84. The Bertz CT molecular complexity index is 726. The number of amides is 1. The van der Waals surface area contributed by atoms with Gasteiger partial charge in [0.1, 0.15) is 12.4 Å². The van der Waals surface area contributed by atoms with E-state index in [9.17, 15) is 9.59 Å². The number of carbonyl (C=O) groups is 2. The molecule has 6 nitrogen and oxygen atoms in total. The third-order valence-electron chi connectivity index (χ3n) is 4.02. The van der Waals surface area contributed by atoms with E-state index in [1.54, 1.807) is 6.07 Å². The molecule has 0 atom stereocenters. The second-order valence-corrected chi connectivity index (χ2v) is 5.57. The second-order valence-electron chi connectivity index (χ2n) is 5.57. The molecule has 1 heterocycles. The monoisotopic (exact) mass is 328 g/mol. The number of anilines is 1. The van der Waals surface area contributed by atoms with Gasteiger partial charge in [-0.1, -0.05) is 24.3 Å². The molecule has 6 heteroatoms. The van der Waals surface area contributed by atoms with Gasteiger partial charge in [-0.05, 0) is 12.1 Å². The number of aldehydes is 1. The van der Waals surface area contributed by atoms with Crippen LogP contribution >= 0.6 is 0 Å². The van der Waals surface area contributed by atoms with Crippen molar-refractivity contribution in [2.45, 2.75) is 0 Å². The SMILES string of the molecule is O=CC(=O)Nc1ccc(OCCN2CCOCC2)c2ccccc12. The van der Waals surface area contributed by atoms with Gasteiger partial charge in [-0.15, -0.1) is 0 Å². The number of carbonyl (C=O) groups excluding carboxylic acids is 2. The molecular weight excluding hydrogens is 308 g/mol. The van der Waals surface area contributed by atoms with Crippen LogP contribution in [0.15, 0.2) is 36.4 Å². The summed E-state index contributed by atoms with van der Waals surface area (Å²) >= 11 is 0. The standard InChI is InChI=1S/C18H20N2O4/c21-13-18(22)19-16-5-6-17(15-4-2-1-3-14(15)16)24-12-9-20-7-10-23-11-8-20/h1-6,13H,7-12H2,(H,19,22). The van der Waals surface area contributed by atoms with Gasteiger partial charge in [0.25, 0.3) is 5.91 Å². The molecule has 0 bridgehead atoms. The van der Waals surface area contributed by atoms with Crippen LogP contribution in [0.25, 0.3) is 10.8 Å². The van der Waals surface area contributed by atoms with Crippen LogP contribution in [0, 0.1) is 0 Å². The van der Waals surface area contributed by atoms with Crippen molar-refractivity contribution < 1.29 is 19.1 Å². The number of benzene rings is 2. The van der Waals surface area contributed by atoms with E-state index in [4.69, 9.17) is 9.47 Å². The summed E-state index contributed by atoms with van der Waals surface area (Å²) in [6, 6.07) is 11.2. The number of nitrogens with one attached hydrogen (secondary N) is 1. The molecule has 0 saturated carbocycles. The lowest BCUT2D eigenvalue weighted by Crippen LogP contribution is -2.38. The first-order valence-corrected chi connectivity index (χ1v) is 7.99. The molecule has 0 radical (unpaired) electrons. The minimum absolute atomic E-state index is 0.265. The lowest BCUT2D eigenvalue weighted by Gasteiger charge is -2.26. The number of hydrogen-bond donors (Lipinski definition) is 1. The Labute approximate surface area is 140 Å². The Hall–Kier alpha value is -2.44. The second kappa shape index (κ2) is 7.90. The first-order valence-electron chi connectivity index (χ1n) is 7.99. The molecule has 1 saturated heterocycles. The predicted octanol–water partition coefficient (Wildman–Crippen LogP) is 1.69. The average molecular weight is 328 g/mol. The maximum atomic E-state index is 11.3. The van der Waals surface area contributed by atoms with Crippen LogP contribution in [-0.2, 0) is 14.3 Å². The van der Waals surface area contributed by atoms with E-state index >= 15 is 0 Å². The lowest BCUT2D eigenvalue weighted by molar-refractivity contribution is -0.127. The van der Waals surface area contributed by atoms with Gasteiger partial charge < -0.3 is 14.8 Å². The van der Waals surface area contributed by atoms with E-state index in [0.29, 0.717) is 12.3 Å². The summed E-state index contributed by atoms with van der Waals surface area (Å²) in [5, 5.41) is 4.33. The average Bonchev–Trinajstić information content (AvgIpc) is 2.64. The highest BCUT2D eigenvalue weighted by molar-refractivity contribution is 6.30. The Morgan fingerprint density at radius 1 is 1.17 bits per heavy atom. The molecule has 2 aromatic carbocycles. The number of hydrogen-bond acceptors (Lipinski definition) is 5. The Morgan fingerprint density at radius 2 is 1.92 bits per heavy atom. The maximum Gasteiger partial charge on any atom is 0.288 e. The van der Waals surface area contributed by atoms with Crippen molar-refractivity contribution in [1.82, 2.24) is 4.90 Å². The highest BCUT2D eigenvalue weighted by Crippen LogP contribution is 2.31. The van der Waals surface area contributed by atoms with Gasteiger partial charge >= 0.3 is 0 Å². The summed E-state index contributed by atoms with van der Waals surface area (Å²) in [5.74, 6) is 0.101. The van der Waals surface area contributed by atoms with Crippen LogP contribution in [0.3, 0.4) is 0 Å². The number of rotatable bonds is 6. The predicted molar refractivity (Wildman–Crippen MR) is 91.4 cm³/mol. The Balaban J connectivity index is 1.72. The quantitative estimate of drug-likeness (QED) is 0.645. The molecule has 1 amide bonds. The Morgan fingerprint density at radius 3 is 2.67 bits per heavy atom. The van der Waals surface area contributed by atoms with Crippen molar-refractivity contribution in [3.8, 4) is 5.75 Å². The largest absolute Gasteiger partial charge is 0.492 e. The van der Waals surface area contributed by atoms with Gasteiger partial charge in [0, 0.05) is 36.1 Å². The molecule has 0 aromatic heterocycles. The molecule has 24 heavy (non-hydrogen) atoms. The van der Waals surface area contributed by atoms with E-state index in [2.05, 4.69) is 10.2 Å². The first-order chi connectivity index (χ1) is 11.8. The third-order valence-corrected chi connectivity index (χ3v) is 4.02. The molecular formula is C18H20N2O4. The van der Waals surface area contributed by atoms with Gasteiger partial charge in [0.05, 0.1) is 13.2 Å². The number of morpholine rings is 1. The summed E-state index contributed by atoms with van der Waals surface area (Å²) in [4.78, 5) is 24.2. The molecule has 126 valence electrons. The van der Waals surface area contributed by atoms with Crippen molar-refractivity contribution in [2.75, 3.05) is 44.8 Å². The zero-order valence-corrected chi connectivity index (χ0v) is 13.4. The van der Waals surface area contributed by atoms with Crippen LogP contribution in [0.5, 0.6) is 5.75 Å². The van der Waals surface area contributed by atoms with E-state index < -0.39 is 5.91 Å². The fourth-order valence-corrected chi connectivity index (χ4v) is 2.78. The summed E-state index contributed by atoms with van der Waals surface area (Å²) in [6.07, 6.45) is 0.265. The first kappa shape index (κ1) is 16.4. The Kier molecular flexibility index (Phi) is 5.40. The number of ether oxygens (including phenoxy) is 2. The zero-order chi connectivity index (χ0) is 16.8. The topological polar surface area (TPSA) is 67.9 Å². The van der Waals surface area contributed by atoms with Crippen LogP contribution in [0.2, 0.25) is 0 Å². The molecule has 1 aliphatic heterocycles. The highest BCUT2D eigenvalue weighted by atomic mass is 16.5. The molecule has 1 fully saturated rings. The number of nitrogens with zero attached hydrogens (tertiary/aromatic N) is 1. The minimum atomic E-state index is -0.666. The van der Waals surface area contributed by atoms with Crippen molar-refractivity contribution in [3.63, 3.8) is 0 Å². The van der Waals surface area contributed by atoms with Crippen LogP contribution < -0.4 is 10.1 Å². The fraction of sp³-hybridized carbons (Fsp3) is 0.333. The van der Waals surface area contributed by atoms with E-state index in [-0.39, 0.29) is 6.29 Å². The van der Waals surface area contributed by atoms with Gasteiger partial charge in [-0.25, -0.2) is 0 Å². The molecule has 2 aromatic rings. The smallest absolute Gasteiger partial charge is 0.288 e. The van der Waals surface area contributed by atoms with Crippen LogP contribution in [0.1, 0.15) is 0 Å². The molecule has 0 unspecified atom stereocenters. The van der Waals surface area contributed by atoms with Gasteiger partial charge in [0.2, 0.25) is 6.29 Å². The minimum Gasteiger partial charge on any atom is -0.492 e. The van der Waals surface area contributed by atoms with Gasteiger partial charge in [0.15, 0.2) is 0 Å². The van der Waals surface area contributed by atoms with Crippen LogP contribution in [-0.4, -0.2) is 56.5 Å². The van der Waals surface area contributed by atoms with Crippen molar-refractivity contribution in [1.29, 1.82) is 0 Å². The van der Waals surface area contributed by atoms with Gasteiger partial charge in [-0.2, -0.15) is 0 Å². The zero-order valence-electron chi connectivity index (χ0n) is 13.4. The molecule has 1 aliphatic rings. The van der Waals surface area contributed by atoms with Crippen molar-refractivity contribution in [2.24, 2.45) is 0 Å². The molecule has 0 spiro atoms. The van der Waals surface area contributed by atoms with Crippen molar-refractivity contribution in [3.05, 3.63) is 36.4 Å². The third kappa shape index (κ3) is 3.90. The summed E-state index contributed by atoms with van der Waals surface area (Å²) < 4.78 is 11.3. The van der Waals surface area contributed by atoms with E-state index in [1.807, 2.05) is 30.3 Å². The molecule has 1 N–H and O–H groups in total. The molecule has 3 rings (SSSR count). The summed E-state index contributed by atoms with van der Waals surface area (Å²) in [5.41, 5.74) is 0.600. The maximum absolute atomic E-state index is 11.3. The number of fused-ring (bicyclic) bond motifs is 1. The van der Waals surface area contributed by atoms with Crippen molar-refractivity contribution >= 4 is 28.7 Å². The normalized spacial score (nSPS) is 15.2. The van der Waals surface area contributed by atoms with E-state index in [0.717, 1.165) is 49.4 Å². The fourth-order valence-electron chi connectivity index (χ4n) is 2.78. The highest BCUT2D eigenvalue weighted by Gasteiger charge is 2.12. The molecule has 0 aliphatic carbocycles. The lowest BCUT2D eigenvalue weighted by atomic mass is 10.1. The van der Waals surface area contributed by atoms with E-state index in [1.165, 1.54) is 0 Å². The summed E-state index contributed by atoms with van der Waals surface area (Å²) in [7, 11) is 0.